The minimum absolute atomic E-state index is 0.0725. The lowest BCUT2D eigenvalue weighted by Crippen LogP contribution is -2.31. The second-order valence-electron chi connectivity index (χ2n) is 6.54. The van der Waals surface area contributed by atoms with E-state index < -0.39 is 18.3 Å². The number of hydrogen-bond acceptors (Lipinski definition) is 6. The van der Waals surface area contributed by atoms with E-state index in [9.17, 15) is 14.7 Å². The highest BCUT2D eigenvalue weighted by Gasteiger charge is 2.37. The maximum absolute atomic E-state index is 11.9. The summed E-state index contributed by atoms with van der Waals surface area (Å²) in [5.41, 5.74) is 0. The number of benzene rings is 1. The predicted molar refractivity (Wildman–Crippen MR) is 100 cm³/mol. The molecule has 1 aliphatic rings. The molecule has 6 nitrogen and oxygen atoms in total. The number of Topliss-reactive ketones (excluding diaryl/α,β-unsaturated/α-hetero) is 1. The first-order valence-electron chi connectivity index (χ1n) is 9.48. The van der Waals surface area contributed by atoms with E-state index in [1.54, 1.807) is 18.2 Å². The first-order valence-corrected chi connectivity index (χ1v) is 9.48. The third-order valence-electron chi connectivity index (χ3n) is 4.21. The maximum Gasteiger partial charge on any atom is 0.306 e. The molecule has 1 aliphatic heterocycles. The summed E-state index contributed by atoms with van der Waals surface area (Å²) in [5, 5.41) is 10.0. The highest BCUT2D eigenvalue weighted by molar-refractivity contribution is 5.89. The maximum atomic E-state index is 11.9. The Kier molecular flexibility index (Phi) is 9.01. The predicted octanol–water partition coefficient (Wildman–Crippen LogP) is 2.83. The van der Waals surface area contributed by atoms with Crippen molar-refractivity contribution < 1.29 is 28.9 Å². The van der Waals surface area contributed by atoms with Gasteiger partial charge in [0.25, 0.3) is 0 Å². The van der Waals surface area contributed by atoms with Crippen LogP contribution in [0.2, 0.25) is 0 Å². The molecule has 148 valence electrons. The van der Waals surface area contributed by atoms with Crippen LogP contribution in [0.5, 0.6) is 5.75 Å². The summed E-state index contributed by atoms with van der Waals surface area (Å²) >= 11 is 0. The van der Waals surface area contributed by atoms with Crippen LogP contribution in [0.4, 0.5) is 0 Å². The van der Waals surface area contributed by atoms with Crippen LogP contribution >= 0.6 is 0 Å². The Bertz CT molecular complexity index is 612. The van der Waals surface area contributed by atoms with E-state index in [-0.39, 0.29) is 25.0 Å². The number of aliphatic hydroxyl groups is 1. The van der Waals surface area contributed by atoms with Crippen LogP contribution in [0.3, 0.4) is 0 Å². The fourth-order valence-electron chi connectivity index (χ4n) is 2.71. The van der Waals surface area contributed by atoms with E-state index in [0.29, 0.717) is 12.2 Å². The average Bonchev–Trinajstić information content (AvgIpc) is 3.02. The molecule has 6 heteroatoms. The number of ether oxygens (including phenoxy) is 3. The van der Waals surface area contributed by atoms with E-state index in [2.05, 4.69) is 6.92 Å². The van der Waals surface area contributed by atoms with Gasteiger partial charge >= 0.3 is 5.97 Å². The van der Waals surface area contributed by atoms with Crippen LogP contribution in [0.15, 0.2) is 42.5 Å². The summed E-state index contributed by atoms with van der Waals surface area (Å²) in [6, 6.07) is 9.16. The third kappa shape index (κ3) is 7.53. The summed E-state index contributed by atoms with van der Waals surface area (Å²) in [6.07, 6.45) is 4.75. The number of carbonyl (C=O) groups excluding carboxylic acids is 2. The van der Waals surface area contributed by atoms with Crippen molar-refractivity contribution in [3.05, 3.63) is 42.5 Å². The van der Waals surface area contributed by atoms with Gasteiger partial charge in [-0.1, -0.05) is 56.5 Å². The van der Waals surface area contributed by atoms with Crippen molar-refractivity contribution in [1.29, 1.82) is 0 Å². The molecule has 0 bridgehead atoms. The van der Waals surface area contributed by atoms with Crippen molar-refractivity contribution in [2.75, 3.05) is 13.2 Å². The number of unbranched alkanes of at least 4 members (excludes halogenated alkanes) is 3. The molecule has 0 saturated carbocycles. The third-order valence-corrected chi connectivity index (χ3v) is 4.21. The second kappa shape index (κ2) is 11.5. The van der Waals surface area contributed by atoms with Crippen molar-refractivity contribution >= 4 is 11.8 Å². The Morgan fingerprint density at radius 3 is 2.81 bits per heavy atom. The molecule has 1 aromatic carbocycles. The minimum Gasteiger partial charge on any atom is -0.491 e. The molecule has 0 spiro atoms. The molecule has 0 amide bonds. The monoisotopic (exact) mass is 376 g/mol. The lowest BCUT2D eigenvalue weighted by molar-refractivity contribution is -0.154. The van der Waals surface area contributed by atoms with E-state index >= 15 is 0 Å². The van der Waals surface area contributed by atoms with Crippen LogP contribution < -0.4 is 4.74 Å². The van der Waals surface area contributed by atoms with Gasteiger partial charge in [0.1, 0.15) is 31.2 Å². The molecule has 0 aromatic heterocycles. The zero-order chi connectivity index (χ0) is 19.5. The number of ketones is 1. The van der Waals surface area contributed by atoms with Gasteiger partial charge < -0.3 is 19.3 Å². The SMILES string of the molecule is CCCCCCC(=O)OC1C(=O)COC1C=CC(O)COc1ccccc1. The standard InChI is InChI=1S/C21H28O6/c1-2-3-4-8-11-20(24)27-21-18(23)15-26-19(21)13-12-16(22)14-25-17-9-6-5-7-10-17/h5-7,9-10,12-13,16,19,21-22H,2-4,8,11,14-15H2,1H3. The van der Waals surface area contributed by atoms with Crippen molar-refractivity contribution in [1.82, 2.24) is 0 Å². The quantitative estimate of drug-likeness (QED) is 0.363. The molecule has 3 unspecified atom stereocenters. The lowest BCUT2D eigenvalue weighted by atomic mass is 10.1. The number of hydrogen-bond donors (Lipinski definition) is 1. The summed E-state index contributed by atoms with van der Waals surface area (Å²) in [5.74, 6) is 0.00928. The molecule has 1 heterocycles. The van der Waals surface area contributed by atoms with E-state index in [4.69, 9.17) is 14.2 Å². The Labute approximate surface area is 160 Å². The molecule has 2 rings (SSSR count). The average molecular weight is 376 g/mol. The number of esters is 1. The van der Waals surface area contributed by atoms with Gasteiger partial charge in [-0.25, -0.2) is 0 Å². The fourth-order valence-corrected chi connectivity index (χ4v) is 2.71. The highest BCUT2D eigenvalue weighted by atomic mass is 16.6. The molecule has 1 fully saturated rings. The van der Waals surface area contributed by atoms with Crippen LogP contribution in [0.25, 0.3) is 0 Å². The molecule has 3 atom stereocenters. The van der Waals surface area contributed by atoms with Crippen molar-refractivity contribution in [3.8, 4) is 5.75 Å². The van der Waals surface area contributed by atoms with Gasteiger partial charge in [-0.3, -0.25) is 9.59 Å². The van der Waals surface area contributed by atoms with Gasteiger partial charge in [0.05, 0.1) is 0 Å². The van der Waals surface area contributed by atoms with Crippen LogP contribution in [0, 0.1) is 0 Å². The van der Waals surface area contributed by atoms with Gasteiger partial charge in [-0.15, -0.1) is 0 Å². The highest BCUT2D eigenvalue weighted by Crippen LogP contribution is 2.17. The van der Waals surface area contributed by atoms with Crippen molar-refractivity contribution in [2.24, 2.45) is 0 Å². The largest absolute Gasteiger partial charge is 0.491 e. The van der Waals surface area contributed by atoms with E-state index in [1.807, 2.05) is 18.2 Å². The Morgan fingerprint density at radius 2 is 2.07 bits per heavy atom. The second-order valence-corrected chi connectivity index (χ2v) is 6.54. The summed E-state index contributed by atoms with van der Waals surface area (Å²) in [7, 11) is 0. The van der Waals surface area contributed by atoms with Crippen LogP contribution in [0.1, 0.15) is 39.0 Å². The van der Waals surface area contributed by atoms with E-state index in [0.717, 1.165) is 25.7 Å². The zero-order valence-corrected chi connectivity index (χ0v) is 15.7. The number of rotatable bonds is 11. The Morgan fingerprint density at radius 1 is 1.30 bits per heavy atom. The smallest absolute Gasteiger partial charge is 0.306 e. The number of aliphatic hydroxyl groups excluding tert-OH is 1. The van der Waals surface area contributed by atoms with Crippen molar-refractivity contribution in [2.45, 2.75) is 57.3 Å². The van der Waals surface area contributed by atoms with E-state index in [1.165, 1.54) is 6.08 Å². The number of carbonyl (C=O) groups is 2. The molecule has 1 aromatic rings. The minimum atomic E-state index is -0.942. The molecular weight excluding hydrogens is 348 g/mol. The topological polar surface area (TPSA) is 82.1 Å². The summed E-state index contributed by atoms with van der Waals surface area (Å²) < 4.78 is 16.1. The van der Waals surface area contributed by atoms with Gasteiger partial charge in [-0.05, 0) is 18.6 Å². The van der Waals surface area contributed by atoms with Crippen molar-refractivity contribution in [3.63, 3.8) is 0 Å². The molecule has 1 N–H and O–H groups in total. The van der Waals surface area contributed by atoms with Gasteiger partial charge in [0, 0.05) is 6.42 Å². The number of para-hydroxylation sites is 1. The normalized spacial score (nSPS) is 20.7. The Hall–Kier alpha value is -2.18. The molecule has 0 radical (unpaired) electrons. The lowest BCUT2D eigenvalue weighted by Gasteiger charge is -2.15. The molecule has 1 saturated heterocycles. The van der Waals surface area contributed by atoms with Gasteiger partial charge in [-0.2, -0.15) is 0 Å². The molecular formula is C21H28O6. The first-order chi connectivity index (χ1) is 13.1. The van der Waals surface area contributed by atoms with Crippen LogP contribution in [-0.2, 0) is 19.1 Å². The Balaban J connectivity index is 1.78. The van der Waals surface area contributed by atoms with Gasteiger partial charge in [0.2, 0.25) is 5.78 Å². The summed E-state index contributed by atoms with van der Waals surface area (Å²) in [4.78, 5) is 23.9. The zero-order valence-electron chi connectivity index (χ0n) is 15.7. The fraction of sp³-hybridized carbons (Fsp3) is 0.524. The van der Waals surface area contributed by atoms with Crippen LogP contribution in [-0.4, -0.2) is 48.4 Å². The molecule has 0 aliphatic carbocycles. The van der Waals surface area contributed by atoms with Gasteiger partial charge in [0.15, 0.2) is 6.10 Å². The molecule has 27 heavy (non-hydrogen) atoms. The first kappa shape index (κ1) is 21.1. The summed E-state index contributed by atoms with van der Waals surface area (Å²) in [6.45, 7) is 2.07.